The number of benzene rings is 1. The minimum Gasteiger partial charge on any atom is -0.450 e. The molecule has 3 rings (SSSR count). The minimum absolute atomic E-state index is 0.0285. The molecule has 1 fully saturated rings. The summed E-state index contributed by atoms with van der Waals surface area (Å²) in [6.07, 6.45) is 4.91. The summed E-state index contributed by atoms with van der Waals surface area (Å²) in [6.45, 7) is 8.51. The molecule has 29 heavy (non-hydrogen) atoms. The molecule has 1 aliphatic rings. The monoisotopic (exact) mass is 399 g/mol. The van der Waals surface area contributed by atoms with Crippen molar-refractivity contribution in [3.8, 4) is 0 Å². The van der Waals surface area contributed by atoms with Gasteiger partial charge in [0.1, 0.15) is 0 Å². The van der Waals surface area contributed by atoms with Gasteiger partial charge in [0.05, 0.1) is 19.2 Å². The van der Waals surface area contributed by atoms with Gasteiger partial charge < -0.3 is 25.7 Å². The van der Waals surface area contributed by atoms with E-state index < -0.39 is 0 Å². The summed E-state index contributed by atoms with van der Waals surface area (Å²) in [7, 11) is 0. The maximum Gasteiger partial charge on any atom is 0.407 e. The van der Waals surface area contributed by atoms with E-state index in [-0.39, 0.29) is 12.1 Å². The lowest BCUT2D eigenvalue weighted by molar-refractivity contribution is 0.147. The minimum atomic E-state index is -0.354. The second-order valence-electron chi connectivity index (χ2n) is 7.52. The first-order valence-electron chi connectivity index (χ1n) is 10.6. The molecule has 1 aliphatic carbocycles. The fourth-order valence-electron chi connectivity index (χ4n) is 3.63. The van der Waals surface area contributed by atoms with Gasteiger partial charge >= 0.3 is 6.09 Å². The number of carbonyl (C=O) groups is 1. The van der Waals surface area contributed by atoms with Gasteiger partial charge in [0.25, 0.3) is 0 Å². The smallest absolute Gasteiger partial charge is 0.407 e. The Hall–Kier alpha value is -2.70. The number of aryl methyl sites for hydroxylation is 1. The van der Waals surface area contributed by atoms with Crippen LogP contribution in [0.4, 0.5) is 4.79 Å². The molecule has 0 bridgehead atoms. The SMILES string of the molecule is CCNC(=NCC(NC(=O)OCC)C1CC1)NCCc1c[nH]c2cccc(C)c12. The van der Waals surface area contributed by atoms with Crippen LogP contribution in [0.1, 0.15) is 37.8 Å². The first-order valence-corrected chi connectivity index (χ1v) is 10.6. The highest BCUT2D eigenvalue weighted by Crippen LogP contribution is 2.32. The summed E-state index contributed by atoms with van der Waals surface area (Å²) in [6, 6.07) is 6.36. The zero-order valence-electron chi connectivity index (χ0n) is 17.7. The van der Waals surface area contributed by atoms with Crippen LogP contribution in [0.25, 0.3) is 10.9 Å². The van der Waals surface area contributed by atoms with Crippen molar-refractivity contribution in [2.24, 2.45) is 10.9 Å². The molecule has 1 atom stereocenters. The van der Waals surface area contributed by atoms with E-state index in [0.717, 1.165) is 38.3 Å². The molecule has 1 amide bonds. The van der Waals surface area contributed by atoms with Crippen molar-refractivity contribution in [1.29, 1.82) is 0 Å². The molecular formula is C22H33N5O2. The van der Waals surface area contributed by atoms with Crippen LogP contribution in [0.3, 0.4) is 0 Å². The molecular weight excluding hydrogens is 366 g/mol. The van der Waals surface area contributed by atoms with Gasteiger partial charge in [0.2, 0.25) is 0 Å². The molecule has 0 saturated heterocycles. The van der Waals surface area contributed by atoms with Crippen LogP contribution in [0, 0.1) is 12.8 Å². The van der Waals surface area contributed by atoms with Crippen molar-refractivity contribution in [2.45, 2.75) is 46.1 Å². The Morgan fingerprint density at radius 1 is 1.31 bits per heavy atom. The molecule has 4 N–H and O–H groups in total. The first kappa shape index (κ1) is 21.0. The zero-order valence-corrected chi connectivity index (χ0v) is 17.7. The van der Waals surface area contributed by atoms with E-state index in [9.17, 15) is 4.79 Å². The summed E-state index contributed by atoms with van der Waals surface area (Å²) < 4.78 is 5.02. The zero-order chi connectivity index (χ0) is 20.6. The second-order valence-corrected chi connectivity index (χ2v) is 7.52. The van der Waals surface area contributed by atoms with Crippen molar-refractivity contribution in [1.82, 2.24) is 20.9 Å². The number of ether oxygens (including phenoxy) is 1. The molecule has 7 heteroatoms. The Kier molecular flexibility index (Phi) is 7.38. The molecule has 0 spiro atoms. The summed E-state index contributed by atoms with van der Waals surface area (Å²) in [4.78, 5) is 19.8. The van der Waals surface area contributed by atoms with Gasteiger partial charge in [-0.3, -0.25) is 4.99 Å². The highest BCUT2D eigenvalue weighted by molar-refractivity contribution is 5.86. The van der Waals surface area contributed by atoms with Gasteiger partial charge in [-0.1, -0.05) is 12.1 Å². The van der Waals surface area contributed by atoms with Gasteiger partial charge in [0.15, 0.2) is 5.96 Å². The number of guanidine groups is 1. The second kappa shape index (κ2) is 10.2. The Labute approximate surface area is 172 Å². The lowest BCUT2D eigenvalue weighted by Crippen LogP contribution is -2.42. The van der Waals surface area contributed by atoms with Crippen molar-refractivity contribution in [2.75, 3.05) is 26.2 Å². The summed E-state index contributed by atoms with van der Waals surface area (Å²) in [5.41, 5.74) is 3.77. The van der Waals surface area contributed by atoms with Gasteiger partial charge in [-0.05, 0) is 63.1 Å². The highest BCUT2D eigenvalue weighted by atomic mass is 16.5. The molecule has 7 nitrogen and oxygen atoms in total. The topological polar surface area (TPSA) is 90.5 Å². The fraction of sp³-hybridized carbons (Fsp3) is 0.545. The summed E-state index contributed by atoms with van der Waals surface area (Å²) >= 11 is 0. The lowest BCUT2D eigenvalue weighted by atomic mass is 10.1. The van der Waals surface area contributed by atoms with E-state index >= 15 is 0 Å². The van der Waals surface area contributed by atoms with Crippen LogP contribution in [-0.2, 0) is 11.2 Å². The third-order valence-corrected chi connectivity index (χ3v) is 5.24. The number of hydrogen-bond acceptors (Lipinski definition) is 3. The molecule has 0 aliphatic heterocycles. The van der Waals surface area contributed by atoms with Crippen LogP contribution < -0.4 is 16.0 Å². The molecule has 1 heterocycles. The Morgan fingerprint density at radius 2 is 2.14 bits per heavy atom. The van der Waals surface area contributed by atoms with E-state index in [0.29, 0.717) is 19.1 Å². The number of hydrogen-bond donors (Lipinski definition) is 4. The molecule has 1 aromatic carbocycles. The van der Waals surface area contributed by atoms with Crippen LogP contribution in [0.5, 0.6) is 0 Å². The quantitative estimate of drug-likeness (QED) is 0.385. The van der Waals surface area contributed by atoms with Crippen LogP contribution in [0.15, 0.2) is 29.4 Å². The van der Waals surface area contributed by atoms with Crippen molar-refractivity contribution < 1.29 is 9.53 Å². The number of H-pyrrole nitrogens is 1. The lowest BCUT2D eigenvalue weighted by Gasteiger charge is -2.17. The highest BCUT2D eigenvalue weighted by Gasteiger charge is 2.32. The molecule has 1 saturated carbocycles. The van der Waals surface area contributed by atoms with Crippen LogP contribution in [-0.4, -0.2) is 49.3 Å². The molecule has 2 aromatic rings. The third kappa shape index (κ3) is 5.89. The third-order valence-electron chi connectivity index (χ3n) is 5.24. The average Bonchev–Trinajstić information content (AvgIpc) is 3.46. The Bertz CT molecular complexity index is 841. The first-order chi connectivity index (χ1) is 14.1. The van der Waals surface area contributed by atoms with Gasteiger partial charge in [-0.2, -0.15) is 0 Å². The number of carbonyl (C=O) groups excluding carboxylic acids is 1. The van der Waals surface area contributed by atoms with Crippen LogP contribution >= 0.6 is 0 Å². The van der Waals surface area contributed by atoms with E-state index in [2.05, 4.69) is 59.2 Å². The van der Waals surface area contributed by atoms with E-state index in [1.807, 2.05) is 6.92 Å². The van der Waals surface area contributed by atoms with Gasteiger partial charge in [-0.25, -0.2) is 4.79 Å². The maximum absolute atomic E-state index is 11.8. The van der Waals surface area contributed by atoms with Crippen molar-refractivity contribution in [3.05, 3.63) is 35.5 Å². The molecule has 158 valence electrons. The number of aliphatic imine (C=N–C) groups is 1. The predicted octanol–water partition coefficient (Wildman–Crippen LogP) is 3.10. The molecule has 0 radical (unpaired) electrons. The van der Waals surface area contributed by atoms with Crippen LogP contribution in [0.2, 0.25) is 0 Å². The van der Waals surface area contributed by atoms with Gasteiger partial charge in [-0.15, -0.1) is 0 Å². The standard InChI is InChI=1S/C22H33N5O2/c1-4-23-21(26-14-19(16-9-10-16)27-22(28)29-5-2)24-12-11-17-13-25-18-8-6-7-15(3)20(17)18/h6-8,13,16,19,25H,4-5,9-12,14H2,1-3H3,(H,27,28)(H2,23,24,26). The number of aromatic amines is 1. The molecule has 1 aromatic heterocycles. The number of fused-ring (bicyclic) bond motifs is 1. The molecule has 1 unspecified atom stereocenters. The Balaban J connectivity index is 1.56. The van der Waals surface area contributed by atoms with Crippen molar-refractivity contribution >= 4 is 23.0 Å². The van der Waals surface area contributed by atoms with E-state index in [4.69, 9.17) is 9.73 Å². The average molecular weight is 400 g/mol. The number of rotatable bonds is 9. The number of amides is 1. The number of nitrogens with zero attached hydrogens (tertiary/aromatic N) is 1. The largest absolute Gasteiger partial charge is 0.450 e. The van der Waals surface area contributed by atoms with Gasteiger partial charge in [0, 0.05) is 30.2 Å². The fourth-order valence-corrected chi connectivity index (χ4v) is 3.63. The van der Waals surface area contributed by atoms with E-state index in [1.165, 1.54) is 22.0 Å². The van der Waals surface area contributed by atoms with Crippen molar-refractivity contribution in [3.63, 3.8) is 0 Å². The predicted molar refractivity (Wildman–Crippen MR) is 117 cm³/mol. The summed E-state index contributed by atoms with van der Waals surface area (Å²) in [5.74, 6) is 1.28. The number of aromatic nitrogens is 1. The summed E-state index contributed by atoms with van der Waals surface area (Å²) in [5, 5.41) is 11.0. The maximum atomic E-state index is 11.8. The Morgan fingerprint density at radius 3 is 2.86 bits per heavy atom. The normalized spacial score (nSPS) is 15.2. The number of nitrogens with one attached hydrogen (secondary N) is 4. The van der Waals surface area contributed by atoms with E-state index in [1.54, 1.807) is 0 Å². The number of alkyl carbamates (subject to hydrolysis) is 1.